The normalized spacial score (nSPS) is 35.4. The highest BCUT2D eigenvalue weighted by Crippen LogP contribution is 2.34. The number of hydrogen-bond donors (Lipinski definition) is 2. The molecule has 0 heterocycles. The van der Waals surface area contributed by atoms with E-state index < -0.39 is 0 Å². The minimum Gasteiger partial charge on any atom is -0.330 e. The van der Waals surface area contributed by atoms with Gasteiger partial charge in [-0.1, -0.05) is 0 Å². The molecular weight excluding hydrogens is 152 g/mol. The van der Waals surface area contributed by atoms with E-state index in [4.69, 9.17) is 11.5 Å². The standard InChI is InChI=1S/C9H18N2O/c1-7(12)8-2-3-9(11,6-8)4-5-10/h8H,2-6,10-11H2,1H3/t8-,9?/m1/s1. The second-order valence-electron chi connectivity index (χ2n) is 3.95. The van der Waals surface area contributed by atoms with E-state index in [-0.39, 0.29) is 17.2 Å². The van der Waals surface area contributed by atoms with Gasteiger partial charge in [0.05, 0.1) is 0 Å². The van der Waals surface area contributed by atoms with Gasteiger partial charge in [-0.05, 0) is 39.2 Å². The van der Waals surface area contributed by atoms with Gasteiger partial charge in [-0.3, -0.25) is 4.79 Å². The number of ketones is 1. The summed E-state index contributed by atoms with van der Waals surface area (Å²) in [6.07, 6.45) is 3.58. The van der Waals surface area contributed by atoms with Crippen LogP contribution in [0.4, 0.5) is 0 Å². The van der Waals surface area contributed by atoms with Crippen molar-refractivity contribution in [3.8, 4) is 0 Å². The Morgan fingerprint density at radius 2 is 2.33 bits per heavy atom. The van der Waals surface area contributed by atoms with E-state index in [0.29, 0.717) is 6.54 Å². The van der Waals surface area contributed by atoms with Crippen molar-refractivity contribution < 1.29 is 4.79 Å². The number of carbonyl (C=O) groups is 1. The lowest BCUT2D eigenvalue weighted by Gasteiger charge is -2.22. The predicted octanol–water partition coefficient (Wildman–Crippen LogP) is 0.422. The molecule has 0 bridgehead atoms. The fraction of sp³-hybridized carbons (Fsp3) is 0.889. The Kier molecular flexibility index (Phi) is 2.85. The predicted molar refractivity (Wildman–Crippen MR) is 48.6 cm³/mol. The first-order valence-electron chi connectivity index (χ1n) is 4.57. The van der Waals surface area contributed by atoms with Gasteiger partial charge in [-0.25, -0.2) is 0 Å². The van der Waals surface area contributed by atoms with Crippen LogP contribution in [0, 0.1) is 5.92 Å². The number of rotatable bonds is 3. The average molecular weight is 170 g/mol. The molecule has 2 atom stereocenters. The molecule has 12 heavy (non-hydrogen) atoms. The summed E-state index contributed by atoms with van der Waals surface area (Å²) in [5, 5.41) is 0. The number of Topliss-reactive ketones (excluding diaryl/α,β-unsaturated/α-hetero) is 1. The van der Waals surface area contributed by atoms with Gasteiger partial charge in [0.15, 0.2) is 0 Å². The van der Waals surface area contributed by atoms with Crippen LogP contribution in [0.5, 0.6) is 0 Å². The van der Waals surface area contributed by atoms with Gasteiger partial charge in [-0.2, -0.15) is 0 Å². The van der Waals surface area contributed by atoms with Crippen molar-refractivity contribution in [1.82, 2.24) is 0 Å². The SMILES string of the molecule is CC(=O)[C@@H]1CCC(N)(CCN)C1. The lowest BCUT2D eigenvalue weighted by Crippen LogP contribution is -2.39. The van der Waals surface area contributed by atoms with Crippen LogP contribution in [0.3, 0.4) is 0 Å². The molecule has 0 aromatic carbocycles. The van der Waals surface area contributed by atoms with Crippen molar-refractivity contribution in [2.24, 2.45) is 17.4 Å². The molecule has 4 N–H and O–H groups in total. The maximum atomic E-state index is 11.1. The maximum absolute atomic E-state index is 11.1. The fourth-order valence-corrected chi connectivity index (χ4v) is 2.02. The molecule has 1 aliphatic carbocycles. The molecule has 1 fully saturated rings. The highest BCUT2D eigenvalue weighted by molar-refractivity contribution is 5.78. The smallest absolute Gasteiger partial charge is 0.132 e. The van der Waals surface area contributed by atoms with Crippen LogP contribution in [0.2, 0.25) is 0 Å². The van der Waals surface area contributed by atoms with Crippen LogP contribution in [0.25, 0.3) is 0 Å². The Morgan fingerprint density at radius 3 is 2.75 bits per heavy atom. The van der Waals surface area contributed by atoms with Gasteiger partial charge in [-0.15, -0.1) is 0 Å². The zero-order valence-corrected chi connectivity index (χ0v) is 7.68. The molecule has 0 saturated heterocycles. The molecule has 0 amide bonds. The molecule has 70 valence electrons. The number of carbonyl (C=O) groups excluding carboxylic acids is 1. The fourth-order valence-electron chi connectivity index (χ4n) is 2.02. The molecule has 3 heteroatoms. The average Bonchev–Trinajstić information content (AvgIpc) is 2.33. The summed E-state index contributed by atoms with van der Waals surface area (Å²) in [4.78, 5) is 11.1. The molecule has 0 aromatic rings. The summed E-state index contributed by atoms with van der Waals surface area (Å²) in [5.74, 6) is 0.473. The van der Waals surface area contributed by atoms with Crippen molar-refractivity contribution in [1.29, 1.82) is 0 Å². The largest absolute Gasteiger partial charge is 0.330 e. The Balaban J connectivity index is 2.48. The summed E-state index contributed by atoms with van der Waals surface area (Å²) < 4.78 is 0. The Hall–Kier alpha value is -0.410. The van der Waals surface area contributed by atoms with Crippen LogP contribution >= 0.6 is 0 Å². The van der Waals surface area contributed by atoms with Crippen molar-refractivity contribution >= 4 is 5.78 Å². The van der Waals surface area contributed by atoms with Crippen molar-refractivity contribution in [2.45, 2.75) is 38.1 Å². The first kappa shape index (κ1) is 9.68. The van der Waals surface area contributed by atoms with E-state index in [9.17, 15) is 4.79 Å². The van der Waals surface area contributed by atoms with E-state index in [2.05, 4.69) is 0 Å². The summed E-state index contributed by atoms with van der Waals surface area (Å²) in [5.41, 5.74) is 11.4. The van der Waals surface area contributed by atoms with Gasteiger partial charge in [0, 0.05) is 11.5 Å². The molecule has 0 radical (unpaired) electrons. The van der Waals surface area contributed by atoms with E-state index >= 15 is 0 Å². The molecule has 0 aromatic heterocycles. The third kappa shape index (κ3) is 2.05. The van der Waals surface area contributed by atoms with Gasteiger partial charge in [0.2, 0.25) is 0 Å². The van der Waals surface area contributed by atoms with Crippen molar-refractivity contribution in [3.63, 3.8) is 0 Å². The van der Waals surface area contributed by atoms with Gasteiger partial charge < -0.3 is 11.5 Å². The minimum atomic E-state index is -0.148. The molecule has 1 rings (SSSR count). The van der Waals surface area contributed by atoms with Crippen LogP contribution in [-0.4, -0.2) is 17.9 Å². The molecular formula is C9H18N2O. The highest BCUT2D eigenvalue weighted by Gasteiger charge is 2.36. The third-order valence-electron chi connectivity index (χ3n) is 2.86. The monoisotopic (exact) mass is 170 g/mol. The number of nitrogens with two attached hydrogens (primary N) is 2. The van der Waals surface area contributed by atoms with Crippen LogP contribution in [0.1, 0.15) is 32.6 Å². The minimum absolute atomic E-state index is 0.148. The Labute approximate surface area is 73.5 Å². The summed E-state index contributed by atoms with van der Waals surface area (Å²) in [7, 11) is 0. The van der Waals surface area contributed by atoms with Gasteiger partial charge >= 0.3 is 0 Å². The summed E-state index contributed by atoms with van der Waals surface area (Å²) in [6, 6.07) is 0. The zero-order chi connectivity index (χ0) is 9.19. The van der Waals surface area contributed by atoms with E-state index in [1.165, 1.54) is 0 Å². The quantitative estimate of drug-likeness (QED) is 0.645. The number of hydrogen-bond acceptors (Lipinski definition) is 3. The maximum Gasteiger partial charge on any atom is 0.132 e. The lowest BCUT2D eigenvalue weighted by atomic mass is 9.92. The molecule has 0 spiro atoms. The van der Waals surface area contributed by atoms with E-state index in [1.54, 1.807) is 6.92 Å². The zero-order valence-electron chi connectivity index (χ0n) is 7.68. The summed E-state index contributed by atoms with van der Waals surface area (Å²) >= 11 is 0. The van der Waals surface area contributed by atoms with Crippen molar-refractivity contribution in [2.75, 3.05) is 6.54 Å². The van der Waals surface area contributed by atoms with E-state index in [1.807, 2.05) is 0 Å². The van der Waals surface area contributed by atoms with Crippen LogP contribution in [-0.2, 0) is 4.79 Å². The molecule has 1 saturated carbocycles. The highest BCUT2D eigenvalue weighted by atomic mass is 16.1. The van der Waals surface area contributed by atoms with Crippen LogP contribution < -0.4 is 11.5 Å². The first-order chi connectivity index (χ1) is 5.57. The lowest BCUT2D eigenvalue weighted by molar-refractivity contribution is -0.120. The second kappa shape index (κ2) is 3.54. The Morgan fingerprint density at radius 1 is 1.67 bits per heavy atom. The van der Waals surface area contributed by atoms with E-state index in [0.717, 1.165) is 25.7 Å². The molecule has 3 nitrogen and oxygen atoms in total. The topological polar surface area (TPSA) is 69.1 Å². The third-order valence-corrected chi connectivity index (χ3v) is 2.86. The molecule has 1 aliphatic rings. The van der Waals surface area contributed by atoms with Gasteiger partial charge in [0.1, 0.15) is 5.78 Å². The van der Waals surface area contributed by atoms with Gasteiger partial charge in [0.25, 0.3) is 0 Å². The second-order valence-corrected chi connectivity index (χ2v) is 3.95. The Bertz CT molecular complexity index is 181. The first-order valence-corrected chi connectivity index (χ1v) is 4.57. The molecule has 1 unspecified atom stereocenters. The van der Waals surface area contributed by atoms with Crippen LogP contribution in [0.15, 0.2) is 0 Å². The molecule has 0 aliphatic heterocycles. The van der Waals surface area contributed by atoms with Crippen molar-refractivity contribution in [3.05, 3.63) is 0 Å². The summed E-state index contributed by atoms with van der Waals surface area (Å²) in [6.45, 7) is 2.28.